The van der Waals surface area contributed by atoms with Gasteiger partial charge in [0.1, 0.15) is 11.3 Å². The van der Waals surface area contributed by atoms with E-state index in [9.17, 15) is 4.79 Å². The molecule has 0 saturated heterocycles. The monoisotopic (exact) mass is 252 g/mol. The van der Waals surface area contributed by atoms with E-state index in [0.29, 0.717) is 22.2 Å². The Balaban J connectivity index is 2.71. The Morgan fingerprint density at radius 2 is 2.00 bits per heavy atom. The van der Waals surface area contributed by atoms with Gasteiger partial charge in [-0.05, 0) is 18.2 Å². The van der Waals surface area contributed by atoms with E-state index in [4.69, 9.17) is 16.3 Å². The van der Waals surface area contributed by atoms with Gasteiger partial charge in [0.2, 0.25) is 0 Å². The first kappa shape index (κ1) is 11.6. The molecule has 1 heterocycles. The minimum atomic E-state index is -0.446. The topological polar surface area (TPSA) is 61.3 Å². The molecule has 6 heteroatoms. The Morgan fingerprint density at radius 3 is 2.65 bits per heavy atom. The molecule has 0 spiro atoms. The number of benzene rings is 1. The molecule has 2 aromatic rings. The third-order valence-corrected chi connectivity index (χ3v) is 2.45. The SMILES string of the molecule is COC(=O)c1cc(OC)c2nnc(Cl)cc2c1. The van der Waals surface area contributed by atoms with Gasteiger partial charge >= 0.3 is 5.97 Å². The Hall–Kier alpha value is -1.88. The summed E-state index contributed by atoms with van der Waals surface area (Å²) in [4.78, 5) is 11.5. The van der Waals surface area contributed by atoms with Crippen molar-refractivity contribution in [2.45, 2.75) is 0 Å². The summed E-state index contributed by atoms with van der Waals surface area (Å²) < 4.78 is 9.80. The van der Waals surface area contributed by atoms with Crippen LogP contribution >= 0.6 is 11.6 Å². The van der Waals surface area contributed by atoms with Gasteiger partial charge in [-0.2, -0.15) is 0 Å². The highest BCUT2D eigenvalue weighted by Crippen LogP contribution is 2.26. The van der Waals surface area contributed by atoms with Gasteiger partial charge in [-0.1, -0.05) is 11.6 Å². The minimum Gasteiger partial charge on any atom is -0.494 e. The lowest BCUT2D eigenvalue weighted by Crippen LogP contribution is -2.02. The van der Waals surface area contributed by atoms with Gasteiger partial charge in [0.25, 0.3) is 0 Å². The Morgan fingerprint density at radius 1 is 1.24 bits per heavy atom. The fourth-order valence-corrected chi connectivity index (χ4v) is 1.65. The van der Waals surface area contributed by atoms with Crippen molar-refractivity contribution in [3.63, 3.8) is 0 Å². The zero-order valence-corrected chi connectivity index (χ0v) is 9.99. The molecule has 0 N–H and O–H groups in total. The van der Waals surface area contributed by atoms with Crippen molar-refractivity contribution in [3.05, 3.63) is 28.9 Å². The van der Waals surface area contributed by atoms with Crippen LogP contribution in [-0.4, -0.2) is 30.4 Å². The lowest BCUT2D eigenvalue weighted by molar-refractivity contribution is 0.0600. The van der Waals surface area contributed by atoms with Crippen LogP contribution in [0.3, 0.4) is 0 Å². The molecule has 0 saturated carbocycles. The van der Waals surface area contributed by atoms with Crippen LogP contribution < -0.4 is 4.74 Å². The number of halogens is 1. The first-order valence-corrected chi connectivity index (χ1v) is 5.13. The first-order chi connectivity index (χ1) is 8.15. The number of nitrogens with zero attached hydrogens (tertiary/aromatic N) is 2. The van der Waals surface area contributed by atoms with Crippen molar-refractivity contribution in [3.8, 4) is 5.75 Å². The normalized spacial score (nSPS) is 10.3. The van der Waals surface area contributed by atoms with Crippen LogP contribution in [0.5, 0.6) is 5.75 Å². The number of carbonyl (C=O) groups excluding carboxylic acids is 1. The summed E-state index contributed by atoms with van der Waals surface area (Å²) in [6, 6.07) is 4.79. The first-order valence-electron chi connectivity index (χ1n) is 4.75. The molecule has 0 aliphatic rings. The van der Waals surface area contributed by atoms with Crippen LogP contribution in [-0.2, 0) is 4.74 Å². The molecule has 1 aromatic heterocycles. The van der Waals surface area contributed by atoms with Gasteiger partial charge in [-0.25, -0.2) is 4.79 Å². The van der Waals surface area contributed by atoms with Gasteiger partial charge < -0.3 is 9.47 Å². The van der Waals surface area contributed by atoms with E-state index in [-0.39, 0.29) is 5.15 Å². The number of hydrogen-bond acceptors (Lipinski definition) is 5. The van der Waals surface area contributed by atoms with Crippen LogP contribution in [0.1, 0.15) is 10.4 Å². The molecule has 5 nitrogen and oxygen atoms in total. The zero-order chi connectivity index (χ0) is 12.4. The lowest BCUT2D eigenvalue weighted by Gasteiger charge is -2.06. The van der Waals surface area contributed by atoms with Crippen LogP contribution in [0.15, 0.2) is 18.2 Å². The molecule has 1 aromatic carbocycles. The highest BCUT2D eigenvalue weighted by molar-refractivity contribution is 6.30. The third kappa shape index (κ3) is 2.14. The summed E-state index contributed by atoms with van der Waals surface area (Å²) in [6.45, 7) is 0. The average molecular weight is 253 g/mol. The van der Waals surface area contributed by atoms with E-state index in [0.717, 1.165) is 0 Å². The van der Waals surface area contributed by atoms with Crippen molar-refractivity contribution in [2.24, 2.45) is 0 Å². The molecular formula is C11H9ClN2O3. The molecule has 0 aliphatic carbocycles. The molecule has 2 rings (SSSR count). The summed E-state index contributed by atoms with van der Waals surface area (Å²) in [5.41, 5.74) is 0.922. The second kappa shape index (κ2) is 4.55. The fraction of sp³-hybridized carbons (Fsp3) is 0.182. The van der Waals surface area contributed by atoms with E-state index in [1.807, 2.05) is 0 Å². The fourth-order valence-electron chi connectivity index (χ4n) is 1.49. The summed E-state index contributed by atoms with van der Waals surface area (Å²) >= 11 is 5.75. The van der Waals surface area contributed by atoms with Crippen molar-refractivity contribution in [1.29, 1.82) is 0 Å². The van der Waals surface area contributed by atoms with E-state index in [1.165, 1.54) is 14.2 Å². The van der Waals surface area contributed by atoms with Crippen molar-refractivity contribution >= 4 is 28.5 Å². The van der Waals surface area contributed by atoms with E-state index >= 15 is 0 Å². The predicted molar refractivity (Wildman–Crippen MR) is 62.4 cm³/mol. The zero-order valence-electron chi connectivity index (χ0n) is 9.23. The summed E-state index contributed by atoms with van der Waals surface area (Å²) in [6.07, 6.45) is 0. The number of fused-ring (bicyclic) bond motifs is 1. The molecule has 0 amide bonds. The van der Waals surface area contributed by atoms with Crippen LogP contribution in [0.4, 0.5) is 0 Å². The smallest absolute Gasteiger partial charge is 0.338 e. The van der Waals surface area contributed by atoms with Gasteiger partial charge in [0.15, 0.2) is 5.15 Å². The maximum absolute atomic E-state index is 11.5. The quantitative estimate of drug-likeness (QED) is 0.766. The number of methoxy groups -OCH3 is 2. The number of aromatic nitrogens is 2. The summed E-state index contributed by atoms with van der Waals surface area (Å²) in [5, 5.41) is 8.57. The second-order valence-corrected chi connectivity index (χ2v) is 3.66. The molecule has 0 radical (unpaired) electrons. The number of esters is 1. The van der Waals surface area contributed by atoms with Crippen LogP contribution in [0.25, 0.3) is 10.9 Å². The Bertz CT molecular complexity index is 586. The van der Waals surface area contributed by atoms with E-state index < -0.39 is 5.97 Å². The molecule has 0 fully saturated rings. The Kier molecular flexibility index (Phi) is 3.10. The second-order valence-electron chi connectivity index (χ2n) is 3.27. The largest absolute Gasteiger partial charge is 0.494 e. The summed E-state index contributed by atoms with van der Waals surface area (Å²) in [7, 11) is 2.81. The highest BCUT2D eigenvalue weighted by Gasteiger charge is 2.12. The molecule has 0 bridgehead atoms. The number of carbonyl (C=O) groups is 1. The highest BCUT2D eigenvalue weighted by atomic mass is 35.5. The third-order valence-electron chi connectivity index (χ3n) is 2.27. The van der Waals surface area contributed by atoms with Crippen molar-refractivity contribution in [1.82, 2.24) is 10.2 Å². The standard InChI is InChI=1S/C11H9ClN2O3/c1-16-8-4-7(11(15)17-2)3-6-5-9(12)13-14-10(6)8/h3-5H,1-2H3. The summed E-state index contributed by atoms with van der Waals surface area (Å²) in [5.74, 6) is 0.00482. The lowest BCUT2D eigenvalue weighted by atomic mass is 10.1. The number of rotatable bonds is 2. The number of hydrogen-bond donors (Lipinski definition) is 0. The molecule has 17 heavy (non-hydrogen) atoms. The predicted octanol–water partition coefficient (Wildman–Crippen LogP) is 2.08. The minimum absolute atomic E-state index is 0.251. The van der Waals surface area contributed by atoms with Crippen molar-refractivity contribution in [2.75, 3.05) is 14.2 Å². The van der Waals surface area contributed by atoms with E-state index in [2.05, 4.69) is 14.9 Å². The maximum atomic E-state index is 11.5. The Labute approximate surface area is 102 Å². The van der Waals surface area contributed by atoms with Crippen LogP contribution in [0, 0.1) is 0 Å². The molecule has 0 aliphatic heterocycles. The van der Waals surface area contributed by atoms with Gasteiger partial charge in [-0.3, -0.25) is 0 Å². The maximum Gasteiger partial charge on any atom is 0.338 e. The molecule has 88 valence electrons. The van der Waals surface area contributed by atoms with Gasteiger partial charge in [0, 0.05) is 5.39 Å². The molecule has 0 unspecified atom stereocenters. The van der Waals surface area contributed by atoms with Gasteiger partial charge in [-0.15, -0.1) is 10.2 Å². The average Bonchev–Trinajstić information content (AvgIpc) is 2.35. The van der Waals surface area contributed by atoms with Crippen molar-refractivity contribution < 1.29 is 14.3 Å². The number of ether oxygens (including phenoxy) is 2. The van der Waals surface area contributed by atoms with E-state index in [1.54, 1.807) is 18.2 Å². The van der Waals surface area contributed by atoms with Crippen LogP contribution in [0.2, 0.25) is 5.15 Å². The molecular weight excluding hydrogens is 244 g/mol. The molecule has 0 atom stereocenters. The van der Waals surface area contributed by atoms with Gasteiger partial charge in [0.05, 0.1) is 19.8 Å².